The van der Waals surface area contributed by atoms with Crippen LogP contribution in [-0.2, 0) is 6.54 Å². The van der Waals surface area contributed by atoms with Crippen molar-refractivity contribution in [1.29, 1.82) is 0 Å². The summed E-state index contributed by atoms with van der Waals surface area (Å²) in [7, 11) is 1.51. The lowest BCUT2D eigenvalue weighted by molar-refractivity contribution is 0.411. The van der Waals surface area contributed by atoms with Crippen molar-refractivity contribution in [3.63, 3.8) is 0 Å². The third-order valence-electron chi connectivity index (χ3n) is 2.99. The second kappa shape index (κ2) is 5.22. The molecule has 1 aromatic heterocycles. The van der Waals surface area contributed by atoms with Gasteiger partial charge in [0, 0.05) is 24.2 Å². The molecule has 19 heavy (non-hydrogen) atoms. The largest absolute Gasteiger partial charge is 0.497 e. The van der Waals surface area contributed by atoms with E-state index in [1.54, 1.807) is 12.1 Å². The van der Waals surface area contributed by atoms with Crippen LogP contribution in [0.25, 0.3) is 10.6 Å². The molecule has 2 aromatic rings. The lowest BCUT2D eigenvalue weighted by Crippen LogP contribution is -2.14. The Labute approximate surface area is 114 Å². The fraction of sp³-hybridized carbons (Fsp3) is 0.385. The SMILES string of the molecule is COc1ccc(-c2nnc(CNC3CC3)s2)c(F)c1. The van der Waals surface area contributed by atoms with Gasteiger partial charge in [-0.3, -0.25) is 0 Å². The number of nitrogens with one attached hydrogen (secondary N) is 1. The minimum Gasteiger partial charge on any atom is -0.497 e. The maximum atomic E-state index is 13.9. The topological polar surface area (TPSA) is 47.0 Å². The summed E-state index contributed by atoms with van der Waals surface area (Å²) >= 11 is 1.42. The van der Waals surface area contributed by atoms with Crippen molar-refractivity contribution in [2.75, 3.05) is 7.11 Å². The third-order valence-corrected chi connectivity index (χ3v) is 3.95. The quantitative estimate of drug-likeness (QED) is 0.914. The highest BCUT2D eigenvalue weighted by Gasteiger charge is 2.21. The van der Waals surface area contributed by atoms with E-state index < -0.39 is 0 Å². The molecule has 1 aliphatic rings. The predicted octanol–water partition coefficient (Wildman–Crippen LogP) is 2.60. The first-order valence-electron chi connectivity index (χ1n) is 6.16. The Balaban J connectivity index is 1.77. The van der Waals surface area contributed by atoms with Gasteiger partial charge in [0.1, 0.15) is 16.6 Å². The van der Waals surface area contributed by atoms with Crippen molar-refractivity contribution in [3.8, 4) is 16.3 Å². The van der Waals surface area contributed by atoms with Gasteiger partial charge in [-0.05, 0) is 25.0 Å². The lowest BCUT2D eigenvalue weighted by Gasteiger charge is -2.02. The molecule has 0 saturated heterocycles. The van der Waals surface area contributed by atoms with Crippen molar-refractivity contribution < 1.29 is 9.13 Å². The van der Waals surface area contributed by atoms with Crippen molar-refractivity contribution in [3.05, 3.63) is 29.0 Å². The molecule has 6 heteroatoms. The number of rotatable bonds is 5. The molecule has 1 N–H and O–H groups in total. The van der Waals surface area contributed by atoms with Gasteiger partial charge in [0.25, 0.3) is 0 Å². The molecule has 1 aliphatic carbocycles. The van der Waals surface area contributed by atoms with Gasteiger partial charge in [-0.25, -0.2) is 4.39 Å². The van der Waals surface area contributed by atoms with Gasteiger partial charge in [0.05, 0.1) is 7.11 Å². The van der Waals surface area contributed by atoms with Gasteiger partial charge in [-0.15, -0.1) is 10.2 Å². The molecule has 100 valence electrons. The number of hydrogen-bond acceptors (Lipinski definition) is 5. The molecule has 1 heterocycles. The standard InChI is InChI=1S/C13H14FN3OS/c1-18-9-4-5-10(11(14)6-9)13-17-16-12(19-13)7-15-8-2-3-8/h4-6,8,15H,2-3,7H2,1H3. The van der Waals surface area contributed by atoms with E-state index in [4.69, 9.17) is 4.74 Å². The van der Waals surface area contributed by atoms with E-state index in [0.717, 1.165) is 5.01 Å². The molecular formula is C13H14FN3OS. The van der Waals surface area contributed by atoms with E-state index in [9.17, 15) is 4.39 Å². The van der Waals surface area contributed by atoms with E-state index in [0.29, 0.717) is 28.9 Å². The average molecular weight is 279 g/mol. The number of ether oxygens (including phenoxy) is 1. The third kappa shape index (κ3) is 2.90. The molecule has 0 unspecified atom stereocenters. The average Bonchev–Trinajstić information content (AvgIpc) is 3.14. The fourth-order valence-corrected chi connectivity index (χ4v) is 2.57. The highest BCUT2D eigenvalue weighted by atomic mass is 32.1. The van der Waals surface area contributed by atoms with Gasteiger partial charge in [0.2, 0.25) is 0 Å². The molecule has 4 nitrogen and oxygen atoms in total. The van der Waals surface area contributed by atoms with E-state index >= 15 is 0 Å². The molecule has 0 aliphatic heterocycles. The van der Waals surface area contributed by atoms with Gasteiger partial charge < -0.3 is 10.1 Å². The van der Waals surface area contributed by atoms with Crippen LogP contribution in [0.1, 0.15) is 17.8 Å². The Morgan fingerprint density at radius 2 is 2.26 bits per heavy atom. The number of hydrogen-bond donors (Lipinski definition) is 1. The van der Waals surface area contributed by atoms with Gasteiger partial charge in [0.15, 0.2) is 5.01 Å². The maximum Gasteiger partial charge on any atom is 0.150 e. The van der Waals surface area contributed by atoms with Crippen molar-refractivity contribution in [1.82, 2.24) is 15.5 Å². The van der Waals surface area contributed by atoms with Crippen molar-refractivity contribution in [2.45, 2.75) is 25.4 Å². The van der Waals surface area contributed by atoms with Crippen LogP contribution in [0.4, 0.5) is 4.39 Å². The monoisotopic (exact) mass is 279 g/mol. The molecular weight excluding hydrogens is 265 g/mol. The zero-order valence-corrected chi connectivity index (χ0v) is 11.3. The molecule has 1 saturated carbocycles. The van der Waals surface area contributed by atoms with Crippen LogP contribution in [0.3, 0.4) is 0 Å². The Bertz CT molecular complexity index is 583. The molecule has 0 radical (unpaired) electrons. The summed E-state index contributed by atoms with van der Waals surface area (Å²) in [6.07, 6.45) is 2.47. The molecule has 1 fully saturated rings. The predicted molar refractivity (Wildman–Crippen MR) is 71.7 cm³/mol. The number of aromatic nitrogens is 2. The van der Waals surface area contributed by atoms with Crippen LogP contribution in [0.2, 0.25) is 0 Å². The number of benzene rings is 1. The zero-order chi connectivity index (χ0) is 13.2. The summed E-state index contributed by atoms with van der Waals surface area (Å²) in [4.78, 5) is 0. The van der Waals surface area contributed by atoms with Gasteiger partial charge in [-0.2, -0.15) is 0 Å². The van der Waals surface area contributed by atoms with Crippen LogP contribution in [-0.4, -0.2) is 23.3 Å². The molecule has 0 bridgehead atoms. The van der Waals surface area contributed by atoms with E-state index in [1.165, 1.54) is 37.4 Å². The second-order valence-corrected chi connectivity index (χ2v) is 5.56. The van der Waals surface area contributed by atoms with E-state index in [2.05, 4.69) is 15.5 Å². The lowest BCUT2D eigenvalue weighted by atomic mass is 10.2. The summed E-state index contributed by atoms with van der Waals surface area (Å²) < 4.78 is 18.9. The highest BCUT2D eigenvalue weighted by Crippen LogP contribution is 2.29. The van der Waals surface area contributed by atoms with Crippen molar-refractivity contribution in [2.24, 2.45) is 0 Å². The molecule has 1 aromatic carbocycles. The smallest absolute Gasteiger partial charge is 0.150 e. The summed E-state index contributed by atoms with van der Waals surface area (Å²) in [6.45, 7) is 0.708. The molecule has 0 spiro atoms. The summed E-state index contributed by atoms with van der Waals surface area (Å²) in [5, 5.41) is 13.0. The summed E-state index contributed by atoms with van der Waals surface area (Å²) in [5.41, 5.74) is 0.468. The fourth-order valence-electron chi connectivity index (χ4n) is 1.75. The number of nitrogens with zero attached hydrogens (tertiary/aromatic N) is 2. The Hall–Kier alpha value is -1.53. The maximum absolute atomic E-state index is 13.9. The molecule has 3 rings (SSSR count). The second-order valence-electron chi connectivity index (χ2n) is 4.50. The normalized spacial score (nSPS) is 14.6. The molecule has 0 atom stereocenters. The van der Waals surface area contributed by atoms with E-state index in [-0.39, 0.29) is 5.82 Å². The van der Waals surface area contributed by atoms with Crippen LogP contribution >= 0.6 is 11.3 Å². The van der Waals surface area contributed by atoms with Gasteiger partial charge >= 0.3 is 0 Å². The van der Waals surface area contributed by atoms with Crippen LogP contribution < -0.4 is 10.1 Å². The van der Waals surface area contributed by atoms with E-state index in [1.807, 2.05) is 0 Å². The Morgan fingerprint density at radius 3 is 2.95 bits per heavy atom. The summed E-state index contributed by atoms with van der Waals surface area (Å²) in [6, 6.07) is 5.39. The first kappa shape index (κ1) is 12.5. The number of methoxy groups -OCH3 is 1. The first-order chi connectivity index (χ1) is 9.26. The number of halogens is 1. The van der Waals surface area contributed by atoms with Crippen LogP contribution in [0.5, 0.6) is 5.75 Å². The zero-order valence-electron chi connectivity index (χ0n) is 10.5. The summed E-state index contributed by atoms with van der Waals surface area (Å²) in [5.74, 6) is 0.165. The van der Waals surface area contributed by atoms with Crippen LogP contribution in [0.15, 0.2) is 18.2 Å². The highest BCUT2D eigenvalue weighted by molar-refractivity contribution is 7.14. The minimum absolute atomic E-state index is 0.336. The first-order valence-corrected chi connectivity index (χ1v) is 6.97. The Kier molecular flexibility index (Phi) is 3.44. The Morgan fingerprint density at radius 1 is 1.42 bits per heavy atom. The minimum atomic E-state index is -0.336. The van der Waals surface area contributed by atoms with Crippen molar-refractivity contribution >= 4 is 11.3 Å². The van der Waals surface area contributed by atoms with Crippen LogP contribution in [0, 0.1) is 5.82 Å². The van der Waals surface area contributed by atoms with Gasteiger partial charge in [-0.1, -0.05) is 11.3 Å². The molecule has 0 amide bonds.